The van der Waals surface area contributed by atoms with Crippen molar-refractivity contribution in [3.63, 3.8) is 0 Å². The van der Waals surface area contributed by atoms with Crippen LogP contribution in [0.2, 0.25) is 0 Å². The summed E-state index contributed by atoms with van der Waals surface area (Å²) in [4.78, 5) is 17.5. The summed E-state index contributed by atoms with van der Waals surface area (Å²) in [6.45, 7) is 2.82. The molecular formula is C8H13N5O. The van der Waals surface area contributed by atoms with Crippen LogP contribution < -0.4 is 21.9 Å². The van der Waals surface area contributed by atoms with Gasteiger partial charge in [0.05, 0.1) is 6.33 Å². The molecule has 0 amide bonds. The molecule has 1 aromatic heterocycles. The van der Waals surface area contributed by atoms with Crippen molar-refractivity contribution in [3.8, 4) is 0 Å². The van der Waals surface area contributed by atoms with E-state index in [2.05, 4.69) is 20.6 Å². The van der Waals surface area contributed by atoms with E-state index in [-0.39, 0.29) is 11.2 Å². The minimum absolute atomic E-state index is 0.153. The lowest BCUT2D eigenvalue weighted by atomic mass is 10.0. The minimum atomic E-state index is -0.297. The van der Waals surface area contributed by atoms with Crippen molar-refractivity contribution in [2.75, 3.05) is 30.7 Å². The number of nitrogens with two attached hydrogens (primary N) is 1. The van der Waals surface area contributed by atoms with Gasteiger partial charge in [0.1, 0.15) is 5.69 Å². The fourth-order valence-electron chi connectivity index (χ4n) is 1.28. The number of nitrogens with zero attached hydrogens (tertiary/aromatic N) is 1. The van der Waals surface area contributed by atoms with Gasteiger partial charge in [-0.05, 0) is 0 Å². The van der Waals surface area contributed by atoms with Crippen molar-refractivity contribution in [3.05, 3.63) is 16.7 Å². The van der Waals surface area contributed by atoms with E-state index in [1.165, 1.54) is 6.33 Å². The lowest BCUT2D eigenvalue weighted by molar-refractivity contribution is 0.365. The summed E-state index contributed by atoms with van der Waals surface area (Å²) in [5.74, 6) is 1.08. The lowest BCUT2D eigenvalue weighted by Crippen LogP contribution is -2.45. The zero-order chi connectivity index (χ0) is 9.97. The first-order chi connectivity index (χ1) is 6.77. The fraction of sp³-hybridized carbons (Fsp3) is 0.500. The van der Waals surface area contributed by atoms with Crippen LogP contribution in [0.15, 0.2) is 11.1 Å². The molecule has 0 bridgehead atoms. The molecule has 0 atom stereocenters. The van der Waals surface area contributed by atoms with Gasteiger partial charge in [-0.3, -0.25) is 4.79 Å². The number of rotatable bonds is 3. The molecule has 1 aliphatic heterocycles. The predicted molar refractivity (Wildman–Crippen MR) is 54.1 cm³/mol. The second-order valence-electron chi connectivity index (χ2n) is 3.40. The second kappa shape index (κ2) is 3.67. The summed E-state index contributed by atoms with van der Waals surface area (Å²) >= 11 is 0. The summed E-state index contributed by atoms with van der Waals surface area (Å²) < 4.78 is 0. The number of nitrogens with one attached hydrogen (secondary N) is 3. The first-order valence-electron chi connectivity index (χ1n) is 4.55. The van der Waals surface area contributed by atoms with Crippen LogP contribution in [0.25, 0.3) is 0 Å². The molecule has 76 valence electrons. The van der Waals surface area contributed by atoms with Crippen molar-refractivity contribution in [2.24, 2.45) is 5.92 Å². The maximum absolute atomic E-state index is 11.1. The predicted octanol–water partition coefficient (Wildman–Crippen LogP) is -1.02. The molecule has 2 heterocycles. The summed E-state index contributed by atoms with van der Waals surface area (Å²) in [7, 11) is 0. The number of hydrogen-bond donors (Lipinski definition) is 4. The third-order valence-corrected chi connectivity index (χ3v) is 2.31. The summed E-state index contributed by atoms with van der Waals surface area (Å²) in [6, 6.07) is 0. The molecule has 0 spiro atoms. The van der Waals surface area contributed by atoms with E-state index in [0.29, 0.717) is 11.7 Å². The molecule has 0 radical (unpaired) electrons. The van der Waals surface area contributed by atoms with E-state index in [4.69, 9.17) is 5.73 Å². The number of aromatic nitrogens is 2. The van der Waals surface area contributed by atoms with E-state index in [1.54, 1.807) is 0 Å². The van der Waals surface area contributed by atoms with Crippen molar-refractivity contribution in [1.29, 1.82) is 0 Å². The van der Waals surface area contributed by atoms with Gasteiger partial charge in [-0.1, -0.05) is 0 Å². The molecule has 1 aromatic rings. The van der Waals surface area contributed by atoms with Gasteiger partial charge in [0.2, 0.25) is 0 Å². The molecule has 0 aliphatic carbocycles. The SMILES string of the molecule is Nc1c(NCC2CNC2)nc[nH]c1=O. The Morgan fingerprint density at radius 3 is 3.07 bits per heavy atom. The molecule has 0 saturated carbocycles. The lowest BCUT2D eigenvalue weighted by Gasteiger charge is -2.27. The Morgan fingerprint density at radius 2 is 2.43 bits per heavy atom. The third-order valence-electron chi connectivity index (χ3n) is 2.31. The maximum atomic E-state index is 11.1. The van der Waals surface area contributed by atoms with Crippen LogP contribution >= 0.6 is 0 Å². The largest absolute Gasteiger partial charge is 0.391 e. The molecule has 2 rings (SSSR count). The van der Waals surface area contributed by atoms with Crippen LogP contribution in [-0.2, 0) is 0 Å². The average Bonchev–Trinajstić information content (AvgIpc) is 2.09. The van der Waals surface area contributed by atoms with Crippen molar-refractivity contribution >= 4 is 11.5 Å². The molecule has 1 aliphatic rings. The van der Waals surface area contributed by atoms with Crippen molar-refractivity contribution < 1.29 is 0 Å². The Labute approximate surface area is 80.9 Å². The normalized spacial score (nSPS) is 16.3. The highest BCUT2D eigenvalue weighted by Gasteiger charge is 2.16. The highest BCUT2D eigenvalue weighted by molar-refractivity contribution is 5.58. The quantitative estimate of drug-likeness (QED) is 0.495. The fourth-order valence-corrected chi connectivity index (χ4v) is 1.28. The summed E-state index contributed by atoms with van der Waals surface area (Å²) in [5, 5.41) is 6.22. The molecule has 14 heavy (non-hydrogen) atoms. The van der Waals surface area contributed by atoms with Crippen LogP contribution in [-0.4, -0.2) is 29.6 Å². The topological polar surface area (TPSA) is 95.8 Å². The van der Waals surface area contributed by atoms with Gasteiger partial charge in [-0.2, -0.15) is 0 Å². The van der Waals surface area contributed by atoms with E-state index in [0.717, 1.165) is 19.6 Å². The zero-order valence-electron chi connectivity index (χ0n) is 7.71. The number of nitrogen functional groups attached to an aromatic ring is 1. The van der Waals surface area contributed by atoms with Crippen LogP contribution in [0.5, 0.6) is 0 Å². The van der Waals surface area contributed by atoms with Gasteiger partial charge in [0.25, 0.3) is 5.56 Å². The molecule has 0 aromatic carbocycles. The van der Waals surface area contributed by atoms with E-state index in [9.17, 15) is 4.79 Å². The van der Waals surface area contributed by atoms with E-state index >= 15 is 0 Å². The van der Waals surface area contributed by atoms with Gasteiger partial charge < -0.3 is 21.4 Å². The second-order valence-corrected chi connectivity index (χ2v) is 3.40. The van der Waals surface area contributed by atoms with Gasteiger partial charge >= 0.3 is 0 Å². The molecule has 1 saturated heterocycles. The van der Waals surface area contributed by atoms with Crippen LogP contribution in [0.4, 0.5) is 11.5 Å². The highest BCUT2D eigenvalue weighted by Crippen LogP contribution is 2.09. The van der Waals surface area contributed by atoms with Gasteiger partial charge in [-0.25, -0.2) is 4.98 Å². The van der Waals surface area contributed by atoms with Gasteiger partial charge in [-0.15, -0.1) is 0 Å². The first-order valence-corrected chi connectivity index (χ1v) is 4.55. The Kier molecular flexibility index (Phi) is 2.36. The van der Waals surface area contributed by atoms with Crippen LogP contribution in [0, 0.1) is 5.92 Å². The average molecular weight is 195 g/mol. The first kappa shape index (κ1) is 9.01. The minimum Gasteiger partial charge on any atom is -0.391 e. The monoisotopic (exact) mass is 195 g/mol. The molecule has 0 unspecified atom stereocenters. The number of aromatic amines is 1. The van der Waals surface area contributed by atoms with Gasteiger partial charge in [0, 0.05) is 25.6 Å². The zero-order valence-corrected chi connectivity index (χ0v) is 7.71. The van der Waals surface area contributed by atoms with E-state index < -0.39 is 0 Å². The standard InChI is InChI=1S/C8H13N5O/c9-6-7(12-4-13-8(6)14)11-3-5-1-10-2-5/h4-5,10H,1-3,9H2,(H2,11,12,13,14). The number of hydrogen-bond acceptors (Lipinski definition) is 5. The number of anilines is 2. The molecule has 1 fully saturated rings. The molecule has 6 heteroatoms. The Balaban J connectivity index is 2.01. The molecular weight excluding hydrogens is 182 g/mol. The van der Waals surface area contributed by atoms with Gasteiger partial charge in [0.15, 0.2) is 5.82 Å². The maximum Gasteiger partial charge on any atom is 0.276 e. The highest BCUT2D eigenvalue weighted by atomic mass is 16.1. The smallest absolute Gasteiger partial charge is 0.276 e. The van der Waals surface area contributed by atoms with Crippen molar-refractivity contribution in [2.45, 2.75) is 0 Å². The van der Waals surface area contributed by atoms with E-state index in [1.807, 2.05) is 0 Å². The molecule has 5 N–H and O–H groups in total. The third kappa shape index (κ3) is 1.69. The summed E-state index contributed by atoms with van der Waals surface area (Å²) in [5.41, 5.74) is 5.40. The summed E-state index contributed by atoms with van der Waals surface area (Å²) in [6.07, 6.45) is 1.35. The van der Waals surface area contributed by atoms with Crippen LogP contribution in [0.3, 0.4) is 0 Å². The van der Waals surface area contributed by atoms with Crippen molar-refractivity contribution in [1.82, 2.24) is 15.3 Å². The Morgan fingerprint density at radius 1 is 1.64 bits per heavy atom. The van der Waals surface area contributed by atoms with Crippen LogP contribution in [0.1, 0.15) is 0 Å². The Hall–Kier alpha value is -1.56. The Bertz CT molecular complexity index is 370. The molecule has 6 nitrogen and oxygen atoms in total. The number of H-pyrrole nitrogens is 1.